The van der Waals surface area contributed by atoms with Crippen LogP contribution in [0.15, 0.2) is 41.3 Å². The first-order valence-electron chi connectivity index (χ1n) is 6.74. The van der Waals surface area contributed by atoms with Crippen molar-refractivity contribution in [2.24, 2.45) is 0 Å². The van der Waals surface area contributed by atoms with Gasteiger partial charge < -0.3 is 4.74 Å². The lowest BCUT2D eigenvalue weighted by atomic mass is 10.3. The molecule has 22 heavy (non-hydrogen) atoms. The highest BCUT2D eigenvalue weighted by molar-refractivity contribution is 7.89. The minimum atomic E-state index is -3.58. The number of morpholine rings is 1. The van der Waals surface area contributed by atoms with Gasteiger partial charge in [-0.25, -0.2) is 13.3 Å². The summed E-state index contributed by atoms with van der Waals surface area (Å²) in [6.45, 7) is 1.38. The normalized spacial score (nSPS) is 19.9. The average Bonchev–Trinajstić information content (AvgIpc) is 2.87. The van der Waals surface area contributed by atoms with Gasteiger partial charge in [0.25, 0.3) is 11.8 Å². The Hall–Kier alpha value is -2.03. The summed E-state index contributed by atoms with van der Waals surface area (Å²) in [7, 11) is -3.58. The van der Waals surface area contributed by atoms with Crippen LogP contribution in [0.1, 0.15) is 0 Å². The van der Waals surface area contributed by atoms with E-state index in [1.54, 1.807) is 0 Å². The summed E-state index contributed by atoms with van der Waals surface area (Å²) >= 11 is 0. The Labute approximate surface area is 127 Å². The first-order valence-corrected chi connectivity index (χ1v) is 8.18. The van der Waals surface area contributed by atoms with Crippen molar-refractivity contribution in [1.29, 1.82) is 0 Å². The zero-order valence-corrected chi connectivity index (χ0v) is 12.5. The van der Waals surface area contributed by atoms with Gasteiger partial charge in [0.15, 0.2) is 0 Å². The lowest BCUT2D eigenvalue weighted by molar-refractivity contribution is -0.119. The smallest absolute Gasteiger partial charge is 0.258 e. The van der Waals surface area contributed by atoms with Crippen LogP contribution in [-0.2, 0) is 24.3 Å². The first kappa shape index (κ1) is 14.9. The number of carbonyl (C=O) groups is 2. The summed E-state index contributed by atoms with van der Waals surface area (Å²) in [5.41, 5.74) is 0.348. The van der Waals surface area contributed by atoms with Crippen LogP contribution in [0.4, 0.5) is 5.69 Å². The highest BCUT2D eigenvalue weighted by Gasteiger charge is 2.28. The van der Waals surface area contributed by atoms with Gasteiger partial charge in [-0.2, -0.15) is 4.31 Å². The molecule has 0 atom stereocenters. The number of rotatable bonds is 3. The van der Waals surface area contributed by atoms with Crippen LogP contribution in [0.2, 0.25) is 0 Å². The third-order valence-corrected chi connectivity index (χ3v) is 5.42. The van der Waals surface area contributed by atoms with E-state index in [9.17, 15) is 18.0 Å². The highest BCUT2D eigenvalue weighted by Crippen LogP contribution is 2.23. The second-order valence-corrected chi connectivity index (χ2v) is 6.79. The molecule has 2 amide bonds. The Morgan fingerprint density at radius 1 is 0.909 bits per heavy atom. The standard InChI is InChI=1S/C14H14N2O5S/c17-13-5-6-14(18)16(13)11-1-3-12(4-2-11)22(19,20)15-7-9-21-10-8-15/h1-6H,7-10H2. The number of hydrogen-bond donors (Lipinski definition) is 0. The maximum absolute atomic E-state index is 12.5. The molecule has 3 rings (SSSR count). The number of nitrogens with zero attached hydrogens (tertiary/aromatic N) is 2. The van der Waals surface area contributed by atoms with Crippen molar-refractivity contribution in [2.45, 2.75) is 4.90 Å². The van der Waals surface area contributed by atoms with E-state index in [1.807, 2.05) is 0 Å². The van der Waals surface area contributed by atoms with Gasteiger partial charge in [-0.15, -0.1) is 0 Å². The number of amides is 2. The fourth-order valence-electron chi connectivity index (χ4n) is 2.36. The minimum Gasteiger partial charge on any atom is -0.379 e. The van der Waals surface area contributed by atoms with E-state index in [1.165, 1.54) is 40.7 Å². The number of sulfonamides is 1. The third kappa shape index (κ3) is 2.56. The van der Waals surface area contributed by atoms with E-state index in [-0.39, 0.29) is 4.90 Å². The zero-order valence-electron chi connectivity index (χ0n) is 11.6. The molecule has 7 nitrogen and oxygen atoms in total. The van der Waals surface area contributed by atoms with Gasteiger partial charge in [0.05, 0.1) is 23.8 Å². The molecule has 1 saturated heterocycles. The molecule has 8 heteroatoms. The number of hydrogen-bond acceptors (Lipinski definition) is 5. The fourth-order valence-corrected chi connectivity index (χ4v) is 3.77. The SMILES string of the molecule is O=C1C=CC(=O)N1c1ccc(S(=O)(=O)N2CCOCC2)cc1. The highest BCUT2D eigenvalue weighted by atomic mass is 32.2. The van der Waals surface area contributed by atoms with Gasteiger partial charge in [0.1, 0.15) is 0 Å². The molecule has 0 radical (unpaired) electrons. The van der Waals surface area contributed by atoms with E-state index in [2.05, 4.69) is 0 Å². The summed E-state index contributed by atoms with van der Waals surface area (Å²) in [5, 5.41) is 0. The molecule has 0 bridgehead atoms. The van der Waals surface area contributed by atoms with Gasteiger partial charge in [-0.05, 0) is 24.3 Å². The lowest BCUT2D eigenvalue weighted by Gasteiger charge is -2.26. The molecule has 1 fully saturated rings. The Morgan fingerprint density at radius 3 is 2.00 bits per heavy atom. The van der Waals surface area contributed by atoms with E-state index in [0.29, 0.717) is 32.0 Å². The lowest BCUT2D eigenvalue weighted by Crippen LogP contribution is -2.40. The molecule has 116 valence electrons. The van der Waals surface area contributed by atoms with Gasteiger partial charge in [0, 0.05) is 25.2 Å². The molecule has 1 aromatic rings. The molecule has 1 aromatic carbocycles. The Morgan fingerprint density at radius 2 is 1.45 bits per heavy atom. The van der Waals surface area contributed by atoms with Crippen LogP contribution in [0.3, 0.4) is 0 Å². The van der Waals surface area contributed by atoms with Crippen molar-refractivity contribution >= 4 is 27.5 Å². The molecule has 2 aliphatic heterocycles. The van der Waals surface area contributed by atoms with Crippen LogP contribution >= 0.6 is 0 Å². The van der Waals surface area contributed by atoms with Crippen LogP contribution < -0.4 is 4.90 Å². The Balaban J connectivity index is 1.85. The Bertz CT molecular complexity index is 715. The zero-order chi connectivity index (χ0) is 15.7. The van der Waals surface area contributed by atoms with Crippen molar-refractivity contribution in [3.8, 4) is 0 Å². The monoisotopic (exact) mass is 322 g/mol. The number of imide groups is 1. The molecular formula is C14H14N2O5S. The van der Waals surface area contributed by atoms with Gasteiger partial charge >= 0.3 is 0 Å². The molecule has 0 aromatic heterocycles. The van der Waals surface area contributed by atoms with Crippen LogP contribution in [0.5, 0.6) is 0 Å². The van der Waals surface area contributed by atoms with Gasteiger partial charge in [-0.1, -0.05) is 0 Å². The molecule has 0 unspecified atom stereocenters. The molecular weight excluding hydrogens is 308 g/mol. The molecule has 0 N–H and O–H groups in total. The van der Waals surface area contributed by atoms with E-state index < -0.39 is 21.8 Å². The topological polar surface area (TPSA) is 84.0 Å². The Kier molecular flexibility index (Phi) is 3.81. The summed E-state index contributed by atoms with van der Waals surface area (Å²) in [5.74, 6) is -0.873. The molecule has 0 aliphatic carbocycles. The van der Waals surface area contributed by atoms with Crippen LogP contribution in [-0.4, -0.2) is 50.8 Å². The average molecular weight is 322 g/mol. The second kappa shape index (κ2) is 5.64. The second-order valence-electron chi connectivity index (χ2n) is 4.86. The molecule has 2 heterocycles. The van der Waals surface area contributed by atoms with E-state index >= 15 is 0 Å². The van der Waals surface area contributed by atoms with Crippen molar-refractivity contribution in [1.82, 2.24) is 4.31 Å². The number of ether oxygens (including phenoxy) is 1. The van der Waals surface area contributed by atoms with Gasteiger partial charge in [0.2, 0.25) is 10.0 Å². The van der Waals surface area contributed by atoms with Crippen molar-refractivity contribution < 1.29 is 22.7 Å². The van der Waals surface area contributed by atoms with Crippen LogP contribution in [0, 0.1) is 0 Å². The maximum Gasteiger partial charge on any atom is 0.258 e. The maximum atomic E-state index is 12.5. The molecule has 0 spiro atoms. The van der Waals surface area contributed by atoms with Gasteiger partial charge in [-0.3, -0.25) is 9.59 Å². The predicted molar refractivity (Wildman–Crippen MR) is 77.7 cm³/mol. The summed E-state index contributed by atoms with van der Waals surface area (Å²) in [6.07, 6.45) is 2.36. The van der Waals surface area contributed by atoms with Crippen molar-refractivity contribution in [3.63, 3.8) is 0 Å². The quantitative estimate of drug-likeness (QED) is 0.739. The van der Waals surface area contributed by atoms with E-state index in [0.717, 1.165) is 4.90 Å². The largest absolute Gasteiger partial charge is 0.379 e. The molecule has 2 aliphatic rings. The first-order chi connectivity index (χ1) is 10.5. The minimum absolute atomic E-state index is 0.130. The van der Waals surface area contributed by atoms with E-state index in [4.69, 9.17) is 4.74 Å². The summed E-state index contributed by atoms with van der Waals surface area (Å²) in [4.78, 5) is 24.3. The number of anilines is 1. The predicted octanol–water partition coefficient (Wildman–Crippen LogP) is 0.137. The van der Waals surface area contributed by atoms with Crippen molar-refractivity contribution in [3.05, 3.63) is 36.4 Å². The van der Waals surface area contributed by atoms with Crippen molar-refractivity contribution in [2.75, 3.05) is 31.2 Å². The van der Waals surface area contributed by atoms with Crippen LogP contribution in [0.25, 0.3) is 0 Å². The summed E-state index contributed by atoms with van der Waals surface area (Å²) < 4.78 is 31.4. The third-order valence-electron chi connectivity index (χ3n) is 3.51. The number of benzene rings is 1. The summed E-state index contributed by atoms with van der Waals surface area (Å²) in [6, 6.07) is 5.71. The number of carbonyl (C=O) groups excluding carboxylic acids is 2. The fraction of sp³-hybridized carbons (Fsp3) is 0.286. The molecule has 0 saturated carbocycles.